The number of carbonyl (C=O) groups is 1. The maximum absolute atomic E-state index is 11.2. The van der Waals surface area contributed by atoms with Crippen molar-refractivity contribution < 1.29 is 10.0 Å². The number of likely N-dealkylation sites (tertiary alicyclic amines) is 1. The van der Waals surface area contributed by atoms with Crippen LogP contribution in [0.15, 0.2) is 79.3 Å². The van der Waals surface area contributed by atoms with Crippen LogP contribution in [0.3, 0.4) is 0 Å². The summed E-state index contributed by atoms with van der Waals surface area (Å²) in [7, 11) is 0. The number of benzene rings is 1. The van der Waals surface area contributed by atoms with Gasteiger partial charge in [0.25, 0.3) is 5.91 Å². The van der Waals surface area contributed by atoms with Gasteiger partial charge in [0.05, 0.1) is 11.2 Å². The summed E-state index contributed by atoms with van der Waals surface area (Å²) in [4.78, 5) is 18.1. The molecule has 0 radical (unpaired) electrons. The molecular formula is C27H27N5O2. The van der Waals surface area contributed by atoms with E-state index in [4.69, 9.17) is 10.3 Å². The summed E-state index contributed by atoms with van der Waals surface area (Å²) in [6.07, 6.45) is 11.9. The van der Waals surface area contributed by atoms with Gasteiger partial charge in [-0.2, -0.15) is 5.10 Å². The monoisotopic (exact) mass is 453 g/mol. The molecule has 0 unspecified atom stereocenters. The lowest BCUT2D eigenvalue weighted by atomic mass is 10.0. The van der Waals surface area contributed by atoms with Crippen LogP contribution in [0.4, 0.5) is 0 Å². The van der Waals surface area contributed by atoms with Gasteiger partial charge in [0.1, 0.15) is 0 Å². The predicted octanol–water partition coefficient (Wildman–Crippen LogP) is 4.29. The SMILES string of the molecule is O=C(C=Cc1ccc([C@@H]2CCCN2CCc2c(-c3cccnc3)nn3ccccc23)cc1)NO. The summed E-state index contributed by atoms with van der Waals surface area (Å²) >= 11 is 0. The van der Waals surface area contributed by atoms with E-state index in [1.165, 1.54) is 23.6 Å². The van der Waals surface area contributed by atoms with Crippen molar-refractivity contribution in [3.8, 4) is 11.3 Å². The van der Waals surface area contributed by atoms with Crippen molar-refractivity contribution in [1.82, 2.24) is 25.0 Å². The molecule has 7 nitrogen and oxygen atoms in total. The number of hydrogen-bond acceptors (Lipinski definition) is 5. The number of pyridine rings is 2. The molecule has 1 amide bonds. The maximum Gasteiger partial charge on any atom is 0.267 e. The van der Waals surface area contributed by atoms with Crippen LogP contribution in [-0.2, 0) is 11.2 Å². The minimum atomic E-state index is -0.538. The highest BCUT2D eigenvalue weighted by molar-refractivity contribution is 5.90. The highest BCUT2D eigenvalue weighted by Crippen LogP contribution is 2.33. The van der Waals surface area contributed by atoms with Crippen LogP contribution in [0.2, 0.25) is 0 Å². The van der Waals surface area contributed by atoms with Crippen molar-refractivity contribution in [2.75, 3.05) is 13.1 Å². The van der Waals surface area contributed by atoms with Crippen LogP contribution in [0.5, 0.6) is 0 Å². The summed E-state index contributed by atoms with van der Waals surface area (Å²) in [5.41, 5.74) is 8.24. The molecule has 3 aromatic heterocycles. The Balaban J connectivity index is 1.34. The molecular weight excluding hydrogens is 426 g/mol. The zero-order valence-electron chi connectivity index (χ0n) is 18.8. The standard InChI is InChI=1S/C27H27N5O2/c33-26(30-34)13-10-20-8-11-21(12-9-20)24-7-4-16-31(24)18-14-23-25-6-1-2-17-32(25)29-27(23)22-5-3-15-28-19-22/h1-3,5-6,8-13,15,17,19,24,34H,4,7,14,16,18H2,(H,30,33)/t24-/m0/s1. The number of hydroxylamine groups is 1. The Morgan fingerprint density at radius 1 is 1.15 bits per heavy atom. The average Bonchev–Trinajstić information content (AvgIpc) is 3.51. The third kappa shape index (κ3) is 4.62. The normalized spacial score (nSPS) is 16.4. The van der Waals surface area contributed by atoms with E-state index in [9.17, 15) is 4.79 Å². The summed E-state index contributed by atoms with van der Waals surface area (Å²) in [5.74, 6) is -0.538. The fourth-order valence-electron chi connectivity index (χ4n) is 4.80. The second kappa shape index (κ2) is 9.99. The Kier molecular flexibility index (Phi) is 6.46. The molecule has 172 valence electrons. The molecule has 0 spiro atoms. The summed E-state index contributed by atoms with van der Waals surface area (Å²) in [6.45, 7) is 2.02. The van der Waals surface area contributed by atoms with E-state index in [1.54, 1.807) is 17.8 Å². The third-order valence-corrected chi connectivity index (χ3v) is 6.45. The number of carbonyl (C=O) groups excluding carboxylic acids is 1. The Hall–Kier alpha value is -3.81. The van der Waals surface area contributed by atoms with Crippen LogP contribution in [0, 0.1) is 0 Å². The summed E-state index contributed by atoms with van der Waals surface area (Å²) in [6, 6.07) is 18.9. The maximum atomic E-state index is 11.2. The second-order valence-corrected chi connectivity index (χ2v) is 8.52. The third-order valence-electron chi connectivity index (χ3n) is 6.45. The van der Waals surface area contributed by atoms with Crippen LogP contribution in [0.1, 0.15) is 35.6 Å². The lowest BCUT2D eigenvalue weighted by Gasteiger charge is -2.25. The molecule has 4 aromatic rings. The first kappa shape index (κ1) is 22.0. The molecule has 1 fully saturated rings. The molecule has 34 heavy (non-hydrogen) atoms. The number of rotatable bonds is 7. The van der Waals surface area contributed by atoms with Crippen LogP contribution in [0.25, 0.3) is 22.9 Å². The highest BCUT2D eigenvalue weighted by atomic mass is 16.5. The number of hydrogen-bond donors (Lipinski definition) is 2. The van der Waals surface area contributed by atoms with Crippen molar-refractivity contribution in [3.05, 3.63) is 96.0 Å². The minimum absolute atomic E-state index is 0.377. The van der Waals surface area contributed by atoms with Gasteiger partial charge in [-0.25, -0.2) is 10.00 Å². The average molecular weight is 454 g/mol. The second-order valence-electron chi connectivity index (χ2n) is 8.52. The van der Waals surface area contributed by atoms with Gasteiger partial charge in [0.2, 0.25) is 0 Å². The van der Waals surface area contributed by atoms with Gasteiger partial charge in [-0.15, -0.1) is 0 Å². The first-order valence-corrected chi connectivity index (χ1v) is 11.6. The Bertz CT molecular complexity index is 1300. The Labute approximate surface area is 198 Å². The summed E-state index contributed by atoms with van der Waals surface area (Å²) in [5, 5.41) is 13.5. The van der Waals surface area contributed by atoms with E-state index >= 15 is 0 Å². The fraction of sp³-hybridized carbons (Fsp3) is 0.222. The molecule has 1 saturated heterocycles. The van der Waals surface area contributed by atoms with Crippen LogP contribution >= 0.6 is 0 Å². The molecule has 4 heterocycles. The smallest absolute Gasteiger partial charge is 0.267 e. The molecule has 5 rings (SSSR count). The quantitative estimate of drug-likeness (QED) is 0.248. The van der Waals surface area contributed by atoms with Crippen molar-refractivity contribution in [2.24, 2.45) is 0 Å². The molecule has 0 aliphatic carbocycles. The van der Waals surface area contributed by atoms with Crippen molar-refractivity contribution in [3.63, 3.8) is 0 Å². The van der Waals surface area contributed by atoms with E-state index in [-0.39, 0.29) is 0 Å². The Morgan fingerprint density at radius 3 is 2.82 bits per heavy atom. The fourth-order valence-corrected chi connectivity index (χ4v) is 4.80. The van der Waals surface area contributed by atoms with Gasteiger partial charge >= 0.3 is 0 Å². The van der Waals surface area contributed by atoms with Crippen molar-refractivity contribution >= 4 is 17.5 Å². The molecule has 0 bridgehead atoms. The first-order chi connectivity index (χ1) is 16.7. The van der Waals surface area contributed by atoms with Crippen LogP contribution < -0.4 is 5.48 Å². The minimum Gasteiger partial charge on any atom is -0.296 e. The number of aromatic nitrogens is 3. The lowest BCUT2D eigenvalue weighted by Crippen LogP contribution is -2.25. The van der Waals surface area contributed by atoms with Gasteiger partial charge < -0.3 is 0 Å². The van der Waals surface area contributed by atoms with E-state index in [2.05, 4.69) is 40.2 Å². The highest BCUT2D eigenvalue weighted by Gasteiger charge is 2.26. The largest absolute Gasteiger partial charge is 0.296 e. The van der Waals surface area contributed by atoms with Crippen LogP contribution in [-0.4, -0.2) is 43.7 Å². The Morgan fingerprint density at radius 2 is 2.03 bits per heavy atom. The predicted molar refractivity (Wildman–Crippen MR) is 131 cm³/mol. The lowest BCUT2D eigenvalue weighted by molar-refractivity contribution is -0.124. The van der Waals surface area contributed by atoms with E-state index < -0.39 is 5.91 Å². The zero-order valence-corrected chi connectivity index (χ0v) is 18.8. The van der Waals surface area contributed by atoms with E-state index in [0.717, 1.165) is 48.3 Å². The number of fused-ring (bicyclic) bond motifs is 1. The van der Waals surface area contributed by atoms with Gasteiger partial charge in [-0.3, -0.25) is 19.9 Å². The zero-order chi connectivity index (χ0) is 23.3. The van der Waals surface area contributed by atoms with Gasteiger partial charge in [-0.05, 0) is 67.3 Å². The number of nitrogens with zero attached hydrogens (tertiary/aromatic N) is 4. The molecule has 2 N–H and O–H groups in total. The van der Waals surface area contributed by atoms with E-state index in [0.29, 0.717) is 6.04 Å². The summed E-state index contributed by atoms with van der Waals surface area (Å²) < 4.78 is 1.96. The first-order valence-electron chi connectivity index (χ1n) is 11.6. The number of nitrogens with one attached hydrogen (secondary N) is 1. The molecule has 1 aliphatic rings. The van der Waals surface area contributed by atoms with Crippen molar-refractivity contribution in [2.45, 2.75) is 25.3 Å². The number of amides is 1. The van der Waals surface area contributed by atoms with Gasteiger partial charge in [0, 0.05) is 48.4 Å². The van der Waals surface area contributed by atoms with Gasteiger partial charge in [0.15, 0.2) is 0 Å². The van der Waals surface area contributed by atoms with Crippen molar-refractivity contribution in [1.29, 1.82) is 0 Å². The molecule has 1 aromatic carbocycles. The van der Waals surface area contributed by atoms with E-state index in [1.807, 2.05) is 41.2 Å². The molecule has 0 saturated carbocycles. The molecule has 1 atom stereocenters. The topological polar surface area (TPSA) is 82.8 Å². The van der Waals surface area contributed by atoms with Gasteiger partial charge in [-0.1, -0.05) is 30.3 Å². The molecule has 1 aliphatic heterocycles. The molecule has 7 heteroatoms.